The third-order valence-electron chi connectivity index (χ3n) is 2.18. The van der Waals surface area contributed by atoms with Crippen molar-refractivity contribution in [2.45, 2.75) is 6.92 Å². The van der Waals surface area contributed by atoms with Crippen LogP contribution in [0.3, 0.4) is 0 Å². The van der Waals surface area contributed by atoms with E-state index in [0.717, 1.165) is 11.3 Å². The molecule has 0 spiro atoms. The first-order valence-corrected chi connectivity index (χ1v) is 5.28. The van der Waals surface area contributed by atoms with Gasteiger partial charge in [-0.25, -0.2) is 4.98 Å². The minimum Gasteiger partial charge on any atom is -0.396 e. The lowest BCUT2D eigenvalue weighted by Crippen LogP contribution is -1.99. The highest BCUT2D eigenvalue weighted by molar-refractivity contribution is 6.33. The topological polar surface area (TPSA) is 50.9 Å². The van der Waals surface area contributed by atoms with Crippen LogP contribution in [0.2, 0.25) is 5.02 Å². The molecule has 2 aromatic rings. The van der Waals surface area contributed by atoms with Crippen molar-refractivity contribution >= 4 is 28.8 Å². The lowest BCUT2D eigenvalue weighted by Gasteiger charge is -2.09. The van der Waals surface area contributed by atoms with Gasteiger partial charge in [-0.05, 0) is 30.7 Å². The van der Waals surface area contributed by atoms with Crippen molar-refractivity contribution in [1.82, 2.24) is 4.98 Å². The van der Waals surface area contributed by atoms with Gasteiger partial charge in [0, 0.05) is 6.20 Å². The van der Waals surface area contributed by atoms with Gasteiger partial charge in [-0.15, -0.1) is 0 Å². The van der Waals surface area contributed by atoms with Crippen molar-refractivity contribution in [2.24, 2.45) is 0 Å². The van der Waals surface area contributed by atoms with Crippen LogP contribution in [0.5, 0.6) is 0 Å². The monoisotopic (exact) mass is 233 g/mol. The molecule has 0 saturated heterocycles. The van der Waals surface area contributed by atoms with E-state index in [0.29, 0.717) is 16.5 Å². The highest BCUT2D eigenvalue weighted by Gasteiger charge is 2.03. The summed E-state index contributed by atoms with van der Waals surface area (Å²) in [6, 6.07) is 9.34. The highest BCUT2D eigenvalue weighted by atomic mass is 35.5. The summed E-state index contributed by atoms with van der Waals surface area (Å²) < 4.78 is 0. The summed E-state index contributed by atoms with van der Waals surface area (Å²) in [7, 11) is 0. The molecular weight excluding hydrogens is 222 g/mol. The first-order valence-electron chi connectivity index (χ1n) is 4.90. The van der Waals surface area contributed by atoms with Gasteiger partial charge in [0.2, 0.25) is 0 Å². The van der Waals surface area contributed by atoms with E-state index in [2.05, 4.69) is 10.3 Å². The van der Waals surface area contributed by atoms with Crippen molar-refractivity contribution in [1.29, 1.82) is 0 Å². The molecule has 0 aliphatic rings. The van der Waals surface area contributed by atoms with E-state index in [1.165, 1.54) is 0 Å². The van der Waals surface area contributed by atoms with Gasteiger partial charge in [0.25, 0.3) is 0 Å². The number of hydrogen-bond donors (Lipinski definition) is 2. The fraction of sp³-hybridized carbons (Fsp3) is 0.0833. The fourth-order valence-corrected chi connectivity index (χ4v) is 1.57. The van der Waals surface area contributed by atoms with Gasteiger partial charge in [0.1, 0.15) is 0 Å². The number of hydrogen-bond acceptors (Lipinski definition) is 3. The second-order valence-electron chi connectivity index (χ2n) is 3.56. The number of para-hydroxylation sites is 1. The number of aryl methyl sites for hydroxylation is 1. The normalized spacial score (nSPS) is 10.1. The molecule has 0 aliphatic carbocycles. The molecule has 0 aliphatic heterocycles. The van der Waals surface area contributed by atoms with Crippen LogP contribution < -0.4 is 11.1 Å². The molecule has 0 atom stereocenters. The van der Waals surface area contributed by atoms with Gasteiger partial charge in [-0.2, -0.15) is 0 Å². The van der Waals surface area contributed by atoms with Gasteiger partial charge < -0.3 is 11.1 Å². The molecule has 1 aromatic carbocycles. The Balaban J connectivity index is 2.31. The summed E-state index contributed by atoms with van der Waals surface area (Å²) in [5, 5.41) is 3.74. The Morgan fingerprint density at radius 3 is 2.75 bits per heavy atom. The molecule has 1 aromatic heterocycles. The van der Waals surface area contributed by atoms with Crippen LogP contribution >= 0.6 is 11.6 Å². The molecule has 3 nitrogen and oxygen atoms in total. The van der Waals surface area contributed by atoms with Crippen molar-refractivity contribution in [3.63, 3.8) is 0 Å². The molecule has 0 bridgehead atoms. The predicted octanol–water partition coefficient (Wildman–Crippen LogP) is 3.37. The zero-order valence-electron chi connectivity index (χ0n) is 8.87. The van der Waals surface area contributed by atoms with Gasteiger partial charge in [0.05, 0.1) is 16.4 Å². The Morgan fingerprint density at radius 1 is 1.31 bits per heavy atom. The molecule has 0 fully saturated rings. The fourth-order valence-electron chi connectivity index (χ4n) is 1.39. The van der Waals surface area contributed by atoms with Gasteiger partial charge >= 0.3 is 0 Å². The summed E-state index contributed by atoms with van der Waals surface area (Å²) in [6.45, 7) is 1.95. The summed E-state index contributed by atoms with van der Waals surface area (Å²) in [5.41, 5.74) is 8.29. The van der Waals surface area contributed by atoms with Gasteiger partial charge in [-0.3, -0.25) is 0 Å². The zero-order valence-corrected chi connectivity index (χ0v) is 9.62. The number of rotatable bonds is 2. The van der Waals surface area contributed by atoms with Crippen molar-refractivity contribution in [2.75, 3.05) is 11.1 Å². The number of anilines is 3. The summed E-state index contributed by atoms with van der Waals surface area (Å²) in [5.74, 6) is 0.624. The Morgan fingerprint density at radius 2 is 2.06 bits per heavy atom. The first kappa shape index (κ1) is 10.8. The summed E-state index contributed by atoms with van der Waals surface area (Å²) >= 11 is 6.03. The minimum atomic E-state index is 0.611. The maximum absolute atomic E-state index is 6.03. The lowest BCUT2D eigenvalue weighted by molar-refractivity contribution is 1.26. The van der Waals surface area contributed by atoms with Crippen LogP contribution in [0.1, 0.15) is 5.56 Å². The number of nitrogens with two attached hydrogens (primary N) is 1. The third-order valence-corrected chi connectivity index (χ3v) is 2.51. The number of nitrogens with zero attached hydrogens (tertiary/aromatic N) is 1. The number of benzene rings is 1. The zero-order chi connectivity index (χ0) is 11.5. The van der Waals surface area contributed by atoms with Crippen LogP contribution in [-0.4, -0.2) is 4.98 Å². The number of nitrogens with one attached hydrogen (secondary N) is 1. The second kappa shape index (κ2) is 4.41. The predicted molar refractivity (Wildman–Crippen MR) is 68.1 cm³/mol. The van der Waals surface area contributed by atoms with E-state index in [-0.39, 0.29) is 0 Å². The largest absolute Gasteiger partial charge is 0.396 e. The average Bonchev–Trinajstić information content (AvgIpc) is 2.25. The summed E-state index contributed by atoms with van der Waals surface area (Å²) in [4.78, 5) is 4.22. The standard InChI is InChI=1S/C12H12ClN3/c1-8-6-10(14)12(15-7-8)16-11-5-3-2-4-9(11)13/h2-7H,14H2,1H3,(H,15,16). The minimum absolute atomic E-state index is 0.611. The van der Waals surface area contributed by atoms with E-state index in [9.17, 15) is 0 Å². The number of halogens is 1. The Kier molecular flexibility index (Phi) is 2.97. The molecule has 4 heteroatoms. The number of aromatic nitrogens is 1. The first-order chi connectivity index (χ1) is 7.66. The molecule has 2 rings (SSSR count). The molecule has 1 heterocycles. The Bertz CT molecular complexity index is 511. The highest BCUT2D eigenvalue weighted by Crippen LogP contribution is 2.26. The molecule has 82 valence electrons. The quantitative estimate of drug-likeness (QED) is 0.836. The Labute approximate surface area is 99.3 Å². The number of nitrogen functional groups attached to an aromatic ring is 1. The van der Waals surface area contributed by atoms with Crippen LogP contribution in [0.15, 0.2) is 36.5 Å². The molecule has 0 amide bonds. The SMILES string of the molecule is Cc1cnc(Nc2ccccc2Cl)c(N)c1. The van der Waals surface area contributed by atoms with E-state index >= 15 is 0 Å². The van der Waals surface area contributed by atoms with E-state index in [1.54, 1.807) is 6.20 Å². The van der Waals surface area contributed by atoms with Gasteiger partial charge in [-0.1, -0.05) is 23.7 Å². The molecular formula is C12H12ClN3. The van der Waals surface area contributed by atoms with Crippen molar-refractivity contribution in [3.05, 3.63) is 47.1 Å². The molecule has 16 heavy (non-hydrogen) atoms. The van der Waals surface area contributed by atoms with Crippen LogP contribution in [0, 0.1) is 6.92 Å². The van der Waals surface area contributed by atoms with Crippen LogP contribution in [-0.2, 0) is 0 Å². The van der Waals surface area contributed by atoms with Crippen molar-refractivity contribution < 1.29 is 0 Å². The van der Waals surface area contributed by atoms with Crippen LogP contribution in [0.25, 0.3) is 0 Å². The number of pyridine rings is 1. The molecule has 0 radical (unpaired) electrons. The molecule has 0 saturated carbocycles. The molecule has 3 N–H and O–H groups in total. The smallest absolute Gasteiger partial charge is 0.153 e. The third kappa shape index (κ3) is 2.25. The molecule has 0 unspecified atom stereocenters. The van der Waals surface area contributed by atoms with Crippen LogP contribution in [0.4, 0.5) is 17.2 Å². The van der Waals surface area contributed by atoms with E-state index < -0.39 is 0 Å². The maximum Gasteiger partial charge on any atom is 0.153 e. The summed E-state index contributed by atoms with van der Waals surface area (Å²) in [6.07, 6.45) is 1.76. The average molecular weight is 234 g/mol. The van der Waals surface area contributed by atoms with E-state index in [1.807, 2.05) is 37.3 Å². The van der Waals surface area contributed by atoms with Crippen molar-refractivity contribution in [3.8, 4) is 0 Å². The Hall–Kier alpha value is -1.74. The second-order valence-corrected chi connectivity index (χ2v) is 3.96. The van der Waals surface area contributed by atoms with Gasteiger partial charge in [0.15, 0.2) is 5.82 Å². The van der Waals surface area contributed by atoms with E-state index in [4.69, 9.17) is 17.3 Å². The maximum atomic E-state index is 6.03. The lowest BCUT2D eigenvalue weighted by atomic mass is 10.2.